The molecule has 90 valence electrons. The lowest BCUT2D eigenvalue weighted by Crippen LogP contribution is -2.27. The molecule has 16 heavy (non-hydrogen) atoms. The predicted molar refractivity (Wildman–Crippen MR) is 67.5 cm³/mol. The van der Waals surface area contributed by atoms with Crippen LogP contribution in [0.2, 0.25) is 5.02 Å². The van der Waals surface area contributed by atoms with Gasteiger partial charge in [-0.05, 0) is 37.6 Å². The average Bonchev–Trinajstić information content (AvgIpc) is 2.29. The number of hydrogen-bond donors (Lipinski definition) is 1. The van der Waals surface area contributed by atoms with Crippen molar-refractivity contribution >= 4 is 11.6 Å². The summed E-state index contributed by atoms with van der Waals surface area (Å²) in [5.74, 6) is -0.329. The van der Waals surface area contributed by atoms with Crippen molar-refractivity contribution in [3.8, 4) is 0 Å². The minimum Gasteiger partial charge on any atom is -0.317 e. The van der Waals surface area contributed by atoms with Gasteiger partial charge in [0, 0.05) is 6.04 Å². The number of hydrogen-bond acceptors (Lipinski definition) is 1. The first-order valence-electron chi connectivity index (χ1n) is 5.78. The standard InChI is InChI=1S/C13H19ClFN/c1-3-4-5-11(16-2)8-10-6-7-12(14)13(15)9-10/h6-7,9,11,16H,3-5,8H2,1-2H3. The monoisotopic (exact) mass is 243 g/mol. The summed E-state index contributed by atoms with van der Waals surface area (Å²) in [7, 11) is 1.95. The van der Waals surface area contributed by atoms with Crippen LogP contribution in [0, 0.1) is 5.82 Å². The Kier molecular flexibility index (Phi) is 5.78. The maximum absolute atomic E-state index is 13.2. The van der Waals surface area contributed by atoms with Crippen LogP contribution in [0.25, 0.3) is 0 Å². The highest BCUT2D eigenvalue weighted by atomic mass is 35.5. The third-order valence-corrected chi connectivity index (χ3v) is 3.09. The minimum atomic E-state index is -0.329. The van der Waals surface area contributed by atoms with Crippen LogP contribution >= 0.6 is 11.6 Å². The lowest BCUT2D eigenvalue weighted by Gasteiger charge is -2.15. The van der Waals surface area contributed by atoms with Gasteiger partial charge >= 0.3 is 0 Å². The van der Waals surface area contributed by atoms with Crippen LogP contribution in [0.4, 0.5) is 4.39 Å². The van der Waals surface area contributed by atoms with Gasteiger partial charge in [0.25, 0.3) is 0 Å². The molecule has 1 atom stereocenters. The van der Waals surface area contributed by atoms with Crippen LogP contribution in [-0.4, -0.2) is 13.1 Å². The third-order valence-electron chi connectivity index (χ3n) is 2.78. The summed E-state index contributed by atoms with van der Waals surface area (Å²) in [5.41, 5.74) is 0.998. The average molecular weight is 244 g/mol. The summed E-state index contributed by atoms with van der Waals surface area (Å²) in [6.45, 7) is 2.18. The maximum atomic E-state index is 13.2. The summed E-state index contributed by atoms with van der Waals surface area (Å²) in [6, 6.07) is 5.46. The molecule has 3 heteroatoms. The minimum absolute atomic E-state index is 0.193. The summed E-state index contributed by atoms with van der Waals surface area (Å²) in [5, 5.41) is 3.46. The molecule has 0 saturated carbocycles. The number of nitrogens with one attached hydrogen (secondary N) is 1. The molecule has 0 saturated heterocycles. The molecule has 1 aromatic rings. The van der Waals surface area contributed by atoms with Gasteiger partial charge in [-0.1, -0.05) is 37.4 Å². The van der Waals surface area contributed by atoms with E-state index < -0.39 is 0 Å². The Bertz CT molecular complexity index is 328. The number of rotatable bonds is 6. The van der Waals surface area contributed by atoms with Gasteiger partial charge in [0.1, 0.15) is 5.82 Å². The van der Waals surface area contributed by atoms with E-state index in [1.807, 2.05) is 13.1 Å². The molecule has 0 heterocycles. The molecular weight excluding hydrogens is 225 g/mol. The van der Waals surface area contributed by atoms with E-state index in [0.717, 1.165) is 18.4 Å². The van der Waals surface area contributed by atoms with Crippen molar-refractivity contribution in [1.29, 1.82) is 0 Å². The van der Waals surface area contributed by atoms with Crippen molar-refractivity contribution in [2.45, 2.75) is 38.6 Å². The van der Waals surface area contributed by atoms with Crippen LogP contribution in [0.15, 0.2) is 18.2 Å². The normalized spacial score (nSPS) is 12.8. The van der Waals surface area contributed by atoms with Gasteiger partial charge in [0.2, 0.25) is 0 Å². The molecule has 0 radical (unpaired) electrons. The Balaban J connectivity index is 2.59. The first kappa shape index (κ1) is 13.5. The van der Waals surface area contributed by atoms with E-state index in [2.05, 4.69) is 12.2 Å². The van der Waals surface area contributed by atoms with Crippen LogP contribution in [0.1, 0.15) is 31.7 Å². The maximum Gasteiger partial charge on any atom is 0.142 e. The Labute approximate surface area is 102 Å². The van der Waals surface area contributed by atoms with Gasteiger partial charge < -0.3 is 5.32 Å². The Morgan fingerprint density at radius 3 is 2.75 bits per heavy atom. The van der Waals surface area contributed by atoms with E-state index in [0.29, 0.717) is 6.04 Å². The van der Waals surface area contributed by atoms with E-state index in [1.165, 1.54) is 18.9 Å². The van der Waals surface area contributed by atoms with Gasteiger partial charge in [0.15, 0.2) is 0 Å². The zero-order valence-corrected chi connectivity index (χ0v) is 10.6. The van der Waals surface area contributed by atoms with Crippen LogP contribution in [0.3, 0.4) is 0 Å². The molecular formula is C13H19ClFN. The largest absolute Gasteiger partial charge is 0.317 e. The lowest BCUT2D eigenvalue weighted by atomic mass is 10.0. The summed E-state index contributed by atoms with van der Waals surface area (Å²) >= 11 is 5.64. The predicted octanol–water partition coefficient (Wildman–Crippen LogP) is 3.80. The molecule has 0 bridgehead atoms. The van der Waals surface area contributed by atoms with Crippen LogP contribution in [0.5, 0.6) is 0 Å². The highest BCUT2D eigenvalue weighted by molar-refractivity contribution is 6.30. The van der Waals surface area contributed by atoms with Crippen molar-refractivity contribution in [1.82, 2.24) is 5.32 Å². The summed E-state index contributed by atoms with van der Waals surface area (Å²) in [4.78, 5) is 0. The van der Waals surface area contributed by atoms with Crippen molar-refractivity contribution in [3.63, 3.8) is 0 Å². The molecule has 0 spiro atoms. The second-order valence-corrected chi connectivity index (χ2v) is 4.49. The van der Waals surface area contributed by atoms with E-state index in [1.54, 1.807) is 6.07 Å². The highest BCUT2D eigenvalue weighted by Gasteiger charge is 2.08. The van der Waals surface area contributed by atoms with Crippen molar-refractivity contribution < 1.29 is 4.39 Å². The van der Waals surface area contributed by atoms with E-state index in [-0.39, 0.29) is 10.8 Å². The first-order chi connectivity index (χ1) is 7.67. The number of benzene rings is 1. The lowest BCUT2D eigenvalue weighted by molar-refractivity contribution is 0.497. The van der Waals surface area contributed by atoms with Crippen LogP contribution < -0.4 is 5.32 Å². The molecule has 1 rings (SSSR count). The van der Waals surface area contributed by atoms with Gasteiger partial charge in [-0.15, -0.1) is 0 Å². The fraction of sp³-hybridized carbons (Fsp3) is 0.538. The molecule has 0 aliphatic carbocycles. The smallest absolute Gasteiger partial charge is 0.142 e. The summed E-state index contributed by atoms with van der Waals surface area (Å²) < 4.78 is 13.2. The zero-order chi connectivity index (χ0) is 12.0. The number of likely N-dealkylation sites (N-methyl/N-ethyl adjacent to an activating group) is 1. The van der Waals surface area contributed by atoms with E-state index in [9.17, 15) is 4.39 Å². The fourth-order valence-electron chi connectivity index (χ4n) is 1.75. The Morgan fingerprint density at radius 1 is 1.44 bits per heavy atom. The third kappa shape index (κ3) is 4.11. The van der Waals surface area contributed by atoms with Gasteiger partial charge in [-0.3, -0.25) is 0 Å². The van der Waals surface area contributed by atoms with Gasteiger partial charge in [-0.25, -0.2) is 4.39 Å². The van der Waals surface area contributed by atoms with Gasteiger partial charge in [-0.2, -0.15) is 0 Å². The molecule has 1 nitrogen and oxygen atoms in total. The van der Waals surface area contributed by atoms with Crippen molar-refractivity contribution in [2.75, 3.05) is 7.05 Å². The van der Waals surface area contributed by atoms with Gasteiger partial charge in [0.05, 0.1) is 5.02 Å². The Morgan fingerprint density at radius 2 is 2.19 bits per heavy atom. The molecule has 1 aromatic carbocycles. The molecule has 1 unspecified atom stereocenters. The van der Waals surface area contributed by atoms with E-state index >= 15 is 0 Å². The SMILES string of the molecule is CCCCC(Cc1ccc(Cl)c(F)c1)NC. The number of halogens is 2. The fourth-order valence-corrected chi connectivity index (χ4v) is 1.87. The molecule has 0 fully saturated rings. The molecule has 1 N–H and O–H groups in total. The highest BCUT2D eigenvalue weighted by Crippen LogP contribution is 2.17. The summed E-state index contributed by atoms with van der Waals surface area (Å²) in [6.07, 6.45) is 4.36. The van der Waals surface area contributed by atoms with Crippen molar-refractivity contribution in [2.24, 2.45) is 0 Å². The first-order valence-corrected chi connectivity index (χ1v) is 6.16. The molecule has 0 aromatic heterocycles. The number of unbranched alkanes of at least 4 members (excludes halogenated alkanes) is 1. The quantitative estimate of drug-likeness (QED) is 0.802. The molecule has 0 aliphatic rings. The van der Waals surface area contributed by atoms with Crippen LogP contribution in [-0.2, 0) is 6.42 Å². The van der Waals surface area contributed by atoms with Crippen molar-refractivity contribution in [3.05, 3.63) is 34.6 Å². The molecule has 0 amide bonds. The molecule has 0 aliphatic heterocycles. The zero-order valence-electron chi connectivity index (χ0n) is 9.89. The second kappa shape index (κ2) is 6.87. The Hall–Kier alpha value is -0.600. The second-order valence-electron chi connectivity index (χ2n) is 4.08. The van der Waals surface area contributed by atoms with E-state index in [4.69, 9.17) is 11.6 Å². The topological polar surface area (TPSA) is 12.0 Å².